The molecule has 0 saturated heterocycles. The highest BCUT2D eigenvalue weighted by molar-refractivity contribution is 5.72. The number of methoxy groups -OCH3 is 1. The molecule has 0 N–H and O–H groups in total. The minimum atomic E-state index is -0.138. The van der Waals surface area contributed by atoms with Crippen LogP contribution in [0.4, 0.5) is 0 Å². The van der Waals surface area contributed by atoms with Crippen LogP contribution in [-0.4, -0.2) is 19.7 Å². The van der Waals surface area contributed by atoms with Crippen LogP contribution < -0.4 is 4.74 Å². The van der Waals surface area contributed by atoms with Gasteiger partial charge in [-0.15, -0.1) is 0 Å². The molecular formula is C16H22O3. The lowest BCUT2D eigenvalue weighted by atomic mass is 9.91. The van der Waals surface area contributed by atoms with Crippen molar-refractivity contribution >= 4 is 5.97 Å². The van der Waals surface area contributed by atoms with Crippen LogP contribution in [0.1, 0.15) is 31.2 Å². The van der Waals surface area contributed by atoms with Crippen molar-refractivity contribution < 1.29 is 14.3 Å². The van der Waals surface area contributed by atoms with Gasteiger partial charge in [0, 0.05) is 0 Å². The number of esters is 1. The number of ether oxygens (including phenoxy) is 2. The average Bonchev–Trinajstić information content (AvgIpc) is 2.94. The van der Waals surface area contributed by atoms with E-state index in [0.29, 0.717) is 12.5 Å². The number of hydrogen-bond acceptors (Lipinski definition) is 3. The van der Waals surface area contributed by atoms with Crippen molar-refractivity contribution in [3.63, 3.8) is 0 Å². The topological polar surface area (TPSA) is 35.5 Å². The molecule has 3 heteroatoms. The van der Waals surface area contributed by atoms with Gasteiger partial charge < -0.3 is 9.47 Å². The van der Waals surface area contributed by atoms with Crippen LogP contribution in [0, 0.1) is 18.8 Å². The molecule has 0 spiro atoms. The lowest BCUT2D eigenvalue weighted by Gasteiger charge is -2.21. The molecule has 0 aliphatic heterocycles. The molecule has 0 aromatic heterocycles. The van der Waals surface area contributed by atoms with Gasteiger partial charge >= 0.3 is 5.97 Å². The summed E-state index contributed by atoms with van der Waals surface area (Å²) in [5.74, 6) is 0.999. The minimum absolute atomic E-state index is 0.132. The van der Waals surface area contributed by atoms with Crippen molar-refractivity contribution in [2.75, 3.05) is 13.7 Å². The first kappa shape index (κ1) is 13.9. The van der Waals surface area contributed by atoms with E-state index in [-0.39, 0.29) is 11.9 Å². The molecule has 1 atom stereocenters. The molecule has 104 valence electrons. The van der Waals surface area contributed by atoms with Crippen molar-refractivity contribution in [1.29, 1.82) is 0 Å². The van der Waals surface area contributed by atoms with Crippen molar-refractivity contribution in [2.24, 2.45) is 11.8 Å². The molecule has 1 aliphatic carbocycles. The van der Waals surface area contributed by atoms with Crippen LogP contribution in [0.2, 0.25) is 0 Å². The Balaban J connectivity index is 2.00. The molecular weight excluding hydrogens is 240 g/mol. The van der Waals surface area contributed by atoms with Crippen LogP contribution in [0.25, 0.3) is 0 Å². The summed E-state index contributed by atoms with van der Waals surface area (Å²) in [4.78, 5) is 11.9. The van der Waals surface area contributed by atoms with E-state index in [4.69, 9.17) is 9.47 Å². The minimum Gasteiger partial charge on any atom is -0.492 e. The highest BCUT2D eigenvalue weighted by Crippen LogP contribution is 2.32. The summed E-state index contributed by atoms with van der Waals surface area (Å²) in [6, 6.07) is 7.89. The quantitative estimate of drug-likeness (QED) is 0.763. The van der Waals surface area contributed by atoms with Gasteiger partial charge in [0.2, 0.25) is 0 Å². The first-order valence-electron chi connectivity index (χ1n) is 6.98. The average molecular weight is 262 g/mol. The van der Waals surface area contributed by atoms with Gasteiger partial charge in [-0.2, -0.15) is 0 Å². The molecule has 19 heavy (non-hydrogen) atoms. The van der Waals surface area contributed by atoms with Crippen LogP contribution in [0.15, 0.2) is 24.3 Å². The van der Waals surface area contributed by atoms with E-state index in [2.05, 4.69) is 0 Å². The first-order valence-corrected chi connectivity index (χ1v) is 6.98. The molecule has 1 aliphatic rings. The van der Waals surface area contributed by atoms with E-state index in [1.807, 2.05) is 31.2 Å². The Labute approximate surface area is 114 Å². The third-order valence-electron chi connectivity index (χ3n) is 3.98. The van der Waals surface area contributed by atoms with E-state index in [1.165, 1.54) is 20.0 Å². The highest BCUT2D eigenvalue weighted by atomic mass is 16.5. The lowest BCUT2D eigenvalue weighted by Crippen LogP contribution is -2.29. The number of carbonyl (C=O) groups is 1. The van der Waals surface area contributed by atoms with Crippen molar-refractivity contribution in [3.05, 3.63) is 29.8 Å². The van der Waals surface area contributed by atoms with Gasteiger partial charge in [-0.1, -0.05) is 31.0 Å². The second-order valence-electron chi connectivity index (χ2n) is 5.25. The van der Waals surface area contributed by atoms with Gasteiger partial charge in [0.25, 0.3) is 0 Å². The molecule has 1 unspecified atom stereocenters. The predicted octanol–water partition coefficient (Wildman–Crippen LogP) is 3.35. The van der Waals surface area contributed by atoms with Crippen molar-refractivity contribution in [1.82, 2.24) is 0 Å². The van der Waals surface area contributed by atoms with Gasteiger partial charge in [0.15, 0.2) is 0 Å². The Morgan fingerprint density at radius 1 is 1.32 bits per heavy atom. The zero-order chi connectivity index (χ0) is 13.7. The summed E-state index contributed by atoms with van der Waals surface area (Å²) >= 11 is 0. The molecule has 0 radical (unpaired) electrons. The van der Waals surface area contributed by atoms with Gasteiger partial charge in [0.05, 0.1) is 13.0 Å². The third kappa shape index (κ3) is 3.49. The first-order chi connectivity index (χ1) is 9.22. The van der Waals surface area contributed by atoms with E-state index in [1.54, 1.807) is 0 Å². The summed E-state index contributed by atoms with van der Waals surface area (Å²) in [5.41, 5.74) is 1.09. The van der Waals surface area contributed by atoms with Gasteiger partial charge in [0.1, 0.15) is 12.4 Å². The number of hydrogen-bond donors (Lipinski definition) is 0. The second kappa shape index (κ2) is 6.60. The second-order valence-corrected chi connectivity index (χ2v) is 5.25. The standard InChI is InChI=1S/C16H22O3/c1-12-7-3-6-10-15(12)19-11-14(16(17)18-2)13-8-4-5-9-13/h3,6-7,10,13-14H,4-5,8-9,11H2,1-2H3. The fourth-order valence-corrected chi connectivity index (χ4v) is 2.81. The molecule has 3 nitrogen and oxygen atoms in total. The Morgan fingerprint density at radius 3 is 2.63 bits per heavy atom. The molecule has 1 aromatic carbocycles. The van der Waals surface area contributed by atoms with Crippen LogP contribution in [0.5, 0.6) is 5.75 Å². The third-order valence-corrected chi connectivity index (χ3v) is 3.98. The maximum absolute atomic E-state index is 11.9. The highest BCUT2D eigenvalue weighted by Gasteiger charge is 2.32. The number of para-hydroxylation sites is 1. The summed E-state index contributed by atoms with van der Waals surface area (Å²) in [7, 11) is 1.46. The smallest absolute Gasteiger partial charge is 0.312 e. The van der Waals surface area contributed by atoms with Gasteiger partial charge in [-0.3, -0.25) is 4.79 Å². The molecule has 1 aromatic rings. The van der Waals surface area contributed by atoms with E-state index in [9.17, 15) is 4.79 Å². The monoisotopic (exact) mass is 262 g/mol. The Morgan fingerprint density at radius 2 is 2.00 bits per heavy atom. The SMILES string of the molecule is COC(=O)C(COc1ccccc1C)C1CCCC1. The molecule has 0 heterocycles. The summed E-state index contributed by atoms with van der Waals surface area (Å²) in [6.07, 6.45) is 4.64. The Bertz CT molecular complexity index is 422. The fourth-order valence-electron chi connectivity index (χ4n) is 2.81. The number of carbonyl (C=O) groups excluding carboxylic acids is 1. The number of aryl methyl sites for hydroxylation is 1. The Hall–Kier alpha value is -1.51. The molecule has 1 saturated carbocycles. The van der Waals surface area contributed by atoms with Crippen LogP contribution in [-0.2, 0) is 9.53 Å². The normalized spacial score (nSPS) is 17.2. The molecule has 0 amide bonds. The molecule has 2 rings (SSSR count). The zero-order valence-corrected chi connectivity index (χ0v) is 11.7. The summed E-state index contributed by atoms with van der Waals surface area (Å²) < 4.78 is 10.8. The Kier molecular flexibility index (Phi) is 4.83. The van der Waals surface area contributed by atoms with Crippen LogP contribution >= 0.6 is 0 Å². The van der Waals surface area contributed by atoms with E-state index < -0.39 is 0 Å². The number of benzene rings is 1. The molecule has 0 bridgehead atoms. The van der Waals surface area contributed by atoms with Gasteiger partial charge in [-0.05, 0) is 37.3 Å². The summed E-state index contributed by atoms with van der Waals surface area (Å²) in [5, 5.41) is 0. The summed E-state index contributed by atoms with van der Waals surface area (Å²) in [6.45, 7) is 2.43. The predicted molar refractivity (Wildman–Crippen MR) is 74.1 cm³/mol. The van der Waals surface area contributed by atoms with Crippen molar-refractivity contribution in [3.8, 4) is 5.75 Å². The van der Waals surface area contributed by atoms with Crippen molar-refractivity contribution in [2.45, 2.75) is 32.6 Å². The largest absolute Gasteiger partial charge is 0.492 e. The lowest BCUT2D eigenvalue weighted by molar-refractivity contribution is -0.148. The zero-order valence-electron chi connectivity index (χ0n) is 11.7. The molecule has 1 fully saturated rings. The number of rotatable bonds is 5. The van der Waals surface area contributed by atoms with Crippen LogP contribution in [0.3, 0.4) is 0 Å². The fraction of sp³-hybridized carbons (Fsp3) is 0.562. The van der Waals surface area contributed by atoms with E-state index >= 15 is 0 Å². The maximum atomic E-state index is 11.9. The van der Waals surface area contributed by atoms with Gasteiger partial charge in [-0.25, -0.2) is 0 Å². The van der Waals surface area contributed by atoms with E-state index in [0.717, 1.165) is 24.2 Å². The maximum Gasteiger partial charge on any atom is 0.312 e.